The Morgan fingerprint density at radius 3 is 2.47 bits per heavy atom. The second-order valence-corrected chi connectivity index (χ2v) is 3.77. The molecule has 0 saturated carbocycles. The van der Waals surface area contributed by atoms with Gasteiger partial charge in [0.05, 0.1) is 18.8 Å². The quantitative estimate of drug-likeness (QED) is 0.430. The fraction of sp³-hybridized carbons (Fsp3) is 0.889. The van der Waals surface area contributed by atoms with Crippen LogP contribution in [-0.4, -0.2) is 58.3 Å². The number of aliphatic hydroxyl groups is 3. The Balaban J connectivity index is 2.70. The molecule has 6 heteroatoms. The predicted octanol–water partition coefficient (Wildman–Crippen LogP) is -2.01. The molecular formula is C9H17NO5. The van der Waals surface area contributed by atoms with E-state index in [0.717, 1.165) is 0 Å². The molecule has 0 aromatic heterocycles. The van der Waals surface area contributed by atoms with E-state index in [1.165, 1.54) is 6.92 Å². The van der Waals surface area contributed by atoms with E-state index in [1.807, 2.05) is 0 Å². The van der Waals surface area contributed by atoms with Crippen molar-refractivity contribution in [3.8, 4) is 0 Å². The third-order valence-electron chi connectivity index (χ3n) is 2.54. The number of nitrogens with one attached hydrogen (secondary N) is 1. The van der Waals surface area contributed by atoms with E-state index in [0.29, 0.717) is 0 Å². The first-order chi connectivity index (χ1) is 6.97. The maximum absolute atomic E-state index is 10.9. The highest BCUT2D eigenvalue weighted by Crippen LogP contribution is 2.20. The zero-order valence-electron chi connectivity index (χ0n) is 8.75. The molecule has 6 nitrogen and oxygen atoms in total. The van der Waals surface area contributed by atoms with Crippen molar-refractivity contribution in [1.29, 1.82) is 0 Å². The Morgan fingerprint density at radius 2 is 2.00 bits per heavy atom. The van der Waals surface area contributed by atoms with Crippen LogP contribution in [0.15, 0.2) is 0 Å². The molecule has 5 atom stereocenters. The molecule has 0 aromatic carbocycles. The van der Waals surface area contributed by atoms with Gasteiger partial charge in [-0.15, -0.1) is 0 Å². The predicted molar refractivity (Wildman–Crippen MR) is 51.0 cm³/mol. The fourth-order valence-corrected chi connectivity index (χ4v) is 1.74. The molecule has 0 bridgehead atoms. The number of aliphatic hydroxyl groups excluding tert-OH is 3. The van der Waals surface area contributed by atoms with Crippen LogP contribution in [0.3, 0.4) is 0 Å². The minimum absolute atomic E-state index is 0.302. The summed E-state index contributed by atoms with van der Waals surface area (Å²) in [7, 11) is 0. The Labute approximate surface area is 87.9 Å². The van der Waals surface area contributed by atoms with Gasteiger partial charge in [-0.1, -0.05) is 0 Å². The van der Waals surface area contributed by atoms with E-state index >= 15 is 0 Å². The molecule has 1 heterocycles. The fourth-order valence-electron chi connectivity index (χ4n) is 1.74. The van der Waals surface area contributed by atoms with E-state index in [2.05, 4.69) is 5.32 Å². The lowest BCUT2D eigenvalue weighted by Crippen LogP contribution is -2.63. The van der Waals surface area contributed by atoms with Crippen molar-refractivity contribution in [2.24, 2.45) is 0 Å². The normalized spacial score (nSPS) is 41.3. The van der Waals surface area contributed by atoms with Gasteiger partial charge < -0.3 is 25.4 Å². The molecule has 15 heavy (non-hydrogen) atoms. The van der Waals surface area contributed by atoms with Crippen molar-refractivity contribution in [2.75, 3.05) is 6.61 Å². The van der Waals surface area contributed by atoms with E-state index in [4.69, 9.17) is 9.84 Å². The summed E-state index contributed by atoms with van der Waals surface area (Å²) in [6.07, 6.45) is -3.58. The second-order valence-electron chi connectivity index (χ2n) is 3.77. The third-order valence-corrected chi connectivity index (χ3v) is 2.54. The van der Waals surface area contributed by atoms with Crippen LogP contribution in [0.4, 0.5) is 0 Å². The summed E-state index contributed by atoms with van der Waals surface area (Å²) in [6.45, 7) is 2.62. The molecule has 0 spiro atoms. The molecule has 1 fully saturated rings. The van der Waals surface area contributed by atoms with Crippen LogP contribution in [0.5, 0.6) is 0 Å². The molecule has 1 amide bonds. The van der Waals surface area contributed by atoms with E-state index in [1.54, 1.807) is 6.92 Å². The lowest BCUT2D eigenvalue weighted by molar-refractivity contribution is -0.190. The van der Waals surface area contributed by atoms with Crippen molar-refractivity contribution < 1.29 is 24.9 Å². The van der Waals surface area contributed by atoms with Crippen LogP contribution >= 0.6 is 0 Å². The Bertz CT molecular complexity index is 235. The van der Waals surface area contributed by atoms with Gasteiger partial charge >= 0.3 is 0 Å². The van der Waals surface area contributed by atoms with Gasteiger partial charge in [0, 0.05) is 6.92 Å². The molecule has 1 saturated heterocycles. The van der Waals surface area contributed by atoms with Crippen molar-refractivity contribution in [3.05, 3.63) is 0 Å². The third kappa shape index (κ3) is 2.66. The molecule has 1 rings (SSSR count). The Kier molecular flexibility index (Phi) is 4.04. The van der Waals surface area contributed by atoms with Crippen LogP contribution in [0.1, 0.15) is 13.8 Å². The SMILES string of the molecule is CC(=O)NC1C(O)C(O)C(CO)O[C@@H]1C. The number of rotatable bonds is 2. The van der Waals surface area contributed by atoms with E-state index in [-0.39, 0.29) is 12.5 Å². The smallest absolute Gasteiger partial charge is 0.217 e. The van der Waals surface area contributed by atoms with Crippen molar-refractivity contribution in [3.63, 3.8) is 0 Å². The summed E-state index contributed by atoms with van der Waals surface area (Å²) in [6, 6.07) is -0.653. The standard InChI is InChI=1S/C9H17NO5/c1-4-7(10-5(2)12)9(14)8(13)6(3-11)15-4/h4,6-9,11,13-14H,3H2,1-2H3,(H,10,12)/t4-,6?,7?,8?,9?/m1/s1. The van der Waals surface area contributed by atoms with Gasteiger partial charge in [-0.2, -0.15) is 0 Å². The van der Waals surface area contributed by atoms with Crippen LogP contribution in [0, 0.1) is 0 Å². The zero-order valence-corrected chi connectivity index (χ0v) is 8.75. The number of amides is 1. The molecule has 1 aliphatic rings. The van der Waals surface area contributed by atoms with Crippen LogP contribution in [0.2, 0.25) is 0 Å². The van der Waals surface area contributed by atoms with Gasteiger partial charge in [0.2, 0.25) is 5.91 Å². The number of carbonyl (C=O) groups excluding carboxylic acids is 1. The van der Waals surface area contributed by atoms with Gasteiger partial charge in [0.25, 0.3) is 0 Å². The first-order valence-corrected chi connectivity index (χ1v) is 4.87. The maximum atomic E-state index is 10.9. The highest BCUT2D eigenvalue weighted by atomic mass is 16.5. The van der Waals surface area contributed by atoms with Gasteiger partial charge in [-0.05, 0) is 6.92 Å². The van der Waals surface area contributed by atoms with Crippen LogP contribution < -0.4 is 5.32 Å². The lowest BCUT2D eigenvalue weighted by atomic mass is 9.93. The van der Waals surface area contributed by atoms with Crippen molar-refractivity contribution in [1.82, 2.24) is 5.32 Å². The minimum Gasteiger partial charge on any atom is -0.394 e. The molecule has 0 aromatic rings. The summed E-state index contributed by atoms with van der Waals surface area (Å²) in [5.41, 5.74) is 0. The van der Waals surface area contributed by atoms with Gasteiger partial charge in [-0.3, -0.25) is 4.79 Å². The highest BCUT2D eigenvalue weighted by Gasteiger charge is 2.42. The molecule has 4 N–H and O–H groups in total. The highest BCUT2D eigenvalue weighted by molar-refractivity contribution is 5.73. The van der Waals surface area contributed by atoms with Crippen molar-refractivity contribution >= 4 is 5.91 Å². The van der Waals surface area contributed by atoms with Gasteiger partial charge in [0.15, 0.2) is 0 Å². The Morgan fingerprint density at radius 1 is 1.40 bits per heavy atom. The van der Waals surface area contributed by atoms with E-state index in [9.17, 15) is 15.0 Å². The number of carbonyl (C=O) groups is 1. The summed E-state index contributed by atoms with van der Waals surface area (Å²) in [5.74, 6) is -0.302. The number of hydrogen-bond acceptors (Lipinski definition) is 5. The Hall–Kier alpha value is -0.690. The molecule has 0 radical (unpaired) electrons. The molecule has 4 unspecified atom stereocenters. The average molecular weight is 219 g/mol. The monoisotopic (exact) mass is 219 g/mol. The molecule has 88 valence electrons. The summed E-state index contributed by atoms with van der Waals surface area (Å²) in [5, 5.41) is 30.6. The molecular weight excluding hydrogens is 202 g/mol. The topological polar surface area (TPSA) is 99.0 Å². The number of hydrogen-bond donors (Lipinski definition) is 4. The van der Waals surface area contributed by atoms with E-state index < -0.39 is 30.5 Å². The van der Waals surface area contributed by atoms with Crippen LogP contribution in [0.25, 0.3) is 0 Å². The summed E-state index contributed by atoms with van der Waals surface area (Å²) in [4.78, 5) is 10.9. The zero-order chi connectivity index (χ0) is 11.6. The second kappa shape index (κ2) is 4.89. The number of ether oxygens (including phenoxy) is 1. The maximum Gasteiger partial charge on any atom is 0.217 e. The largest absolute Gasteiger partial charge is 0.394 e. The van der Waals surface area contributed by atoms with Crippen molar-refractivity contribution in [2.45, 2.75) is 44.3 Å². The van der Waals surface area contributed by atoms with Gasteiger partial charge in [-0.25, -0.2) is 0 Å². The van der Waals surface area contributed by atoms with Crippen LogP contribution in [-0.2, 0) is 9.53 Å². The summed E-state index contributed by atoms with van der Waals surface area (Å²) >= 11 is 0. The average Bonchev–Trinajstić information content (AvgIpc) is 2.18. The lowest BCUT2D eigenvalue weighted by Gasteiger charge is -2.41. The minimum atomic E-state index is -1.19. The summed E-state index contributed by atoms with van der Waals surface area (Å²) < 4.78 is 5.26. The molecule has 1 aliphatic heterocycles. The first kappa shape index (κ1) is 12.4. The molecule has 0 aliphatic carbocycles. The first-order valence-electron chi connectivity index (χ1n) is 4.87. The van der Waals surface area contributed by atoms with Gasteiger partial charge in [0.1, 0.15) is 18.3 Å².